The molecule has 6 nitrogen and oxygen atoms in total. The second-order valence-corrected chi connectivity index (χ2v) is 15.3. The largest absolute Gasteiger partial charge is 0.462 e. The monoisotopic (exact) mass is 735 g/mol. The van der Waals surface area contributed by atoms with Crippen molar-refractivity contribution in [3.05, 3.63) is 12.2 Å². The molecule has 52 heavy (non-hydrogen) atoms. The zero-order chi connectivity index (χ0) is 38.0. The van der Waals surface area contributed by atoms with Gasteiger partial charge in [-0.1, -0.05) is 193 Å². The van der Waals surface area contributed by atoms with Crippen molar-refractivity contribution < 1.29 is 28.6 Å². The van der Waals surface area contributed by atoms with Gasteiger partial charge in [-0.3, -0.25) is 14.4 Å². The van der Waals surface area contributed by atoms with Crippen LogP contribution in [0.3, 0.4) is 0 Å². The summed E-state index contributed by atoms with van der Waals surface area (Å²) in [4.78, 5) is 37.5. The van der Waals surface area contributed by atoms with Crippen molar-refractivity contribution in [1.82, 2.24) is 0 Å². The minimum absolute atomic E-state index is 0.0682. The van der Waals surface area contributed by atoms with Crippen LogP contribution in [-0.2, 0) is 28.6 Å². The van der Waals surface area contributed by atoms with Crippen LogP contribution in [0.4, 0.5) is 0 Å². The summed E-state index contributed by atoms with van der Waals surface area (Å²) < 4.78 is 16.6. The summed E-state index contributed by atoms with van der Waals surface area (Å²) >= 11 is 0. The van der Waals surface area contributed by atoms with Gasteiger partial charge in [-0.15, -0.1) is 0 Å². The van der Waals surface area contributed by atoms with Gasteiger partial charge in [0.05, 0.1) is 0 Å². The molecular weight excluding hydrogens is 648 g/mol. The van der Waals surface area contributed by atoms with E-state index in [1.807, 2.05) is 0 Å². The smallest absolute Gasteiger partial charge is 0.306 e. The third kappa shape index (κ3) is 39.4. The van der Waals surface area contributed by atoms with Crippen LogP contribution in [-0.4, -0.2) is 37.2 Å². The Morgan fingerprint density at radius 1 is 0.365 bits per heavy atom. The summed E-state index contributed by atoms with van der Waals surface area (Å²) in [6, 6.07) is 0. The first-order valence-corrected chi connectivity index (χ1v) is 22.7. The molecule has 1 atom stereocenters. The molecule has 0 heterocycles. The molecule has 0 radical (unpaired) electrons. The first kappa shape index (κ1) is 50.1. The summed E-state index contributed by atoms with van der Waals surface area (Å²) in [5.41, 5.74) is 0. The lowest BCUT2D eigenvalue weighted by molar-refractivity contribution is -0.167. The van der Waals surface area contributed by atoms with Crippen LogP contribution in [0.1, 0.15) is 245 Å². The predicted molar refractivity (Wildman–Crippen MR) is 220 cm³/mol. The average Bonchev–Trinajstić information content (AvgIpc) is 3.14. The summed E-state index contributed by atoms with van der Waals surface area (Å²) in [5.74, 6) is -0.874. The Morgan fingerprint density at radius 2 is 0.635 bits per heavy atom. The van der Waals surface area contributed by atoms with Crippen LogP contribution in [0, 0.1) is 0 Å². The molecule has 1 unspecified atom stereocenters. The highest BCUT2D eigenvalue weighted by molar-refractivity contribution is 5.71. The van der Waals surface area contributed by atoms with Gasteiger partial charge in [-0.2, -0.15) is 0 Å². The van der Waals surface area contributed by atoms with E-state index >= 15 is 0 Å². The van der Waals surface area contributed by atoms with Gasteiger partial charge >= 0.3 is 17.9 Å². The zero-order valence-corrected chi connectivity index (χ0v) is 34.8. The van der Waals surface area contributed by atoms with E-state index in [2.05, 4.69) is 32.9 Å². The number of hydrogen-bond donors (Lipinski definition) is 0. The van der Waals surface area contributed by atoms with Crippen LogP contribution in [0.2, 0.25) is 0 Å². The Hall–Kier alpha value is -1.85. The Morgan fingerprint density at radius 3 is 0.962 bits per heavy atom. The van der Waals surface area contributed by atoms with Gasteiger partial charge in [0.15, 0.2) is 6.10 Å². The van der Waals surface area contributed by atoms with Gasteiger partial charge in [0.1, 0.15) is 13.2 Å². The average molecular weight is 735 g/mol. The fraction of sp³-hybridized carbons (Fsp3) is 0.891. The maximum absolute atomic E-state index is 12.6. The van der Waals surface area contributed by atoms with E-state index in [4.69, 9.17) is 14.2 Å². The first-order chi connectivity index (χ1) is 25.5. The molecule has 0 saturated heterocycles. The number of allylic oxidation sites excluding steroid dienone is 2. The topological polar surface area (TPSA) is 78.9 Å². The van der Waals surface area contributed by atoms with E-state index in [0.29, 0.717) is 19.3 Å². The van der Waals surface area contributed by atoms with E-state index < -0.39 is 6.10 Å². The van der Waals surface area contributed by atoms with E-state index in [1.54, 1.807) is 0 Å². The van der Waals surface area contributed by atoms with Crippen LogP contribution in [0.15, 0.2) is 12.2 Å². The Kier molecular flexibility index (Phi) is 40.4. The number of ether oxygens (including phenoxy) is 3. The molecule has 0 N–H and O–H groups in total. The first-order valence-electron chi connectivity index (χ1n) is 22.7. The van der Waals surface area contributed by atoms with E-state index in [9.17, 15) is 14.4 Å². The lowest BCUT2D eigenvalue weighted by atomic mass is 10.1. The normalized spacial score (nSPS) is 12.0. The highest BCUT2D eigenvalue weighted by Crippen LogP contribution is 2.15. The van der Waals surface area contributed by atoms with Gasteiger partial charge in [0.25, 0.3) is 0 Å². The second-order valence-electron chi connectivity index (χ2n) is 15.3. The molecule has 0 bridgehead atoms. The van der Waals surface area contributed by atoms with Crippen LogP contribution < -0.4 is 0 Å². The molecule has 0 aliphatic carbocycles. The van der Waals surface area contributed by atoms with E-state index in [0.717, 1.165) is 57.8 Å². The molecule has 0 fully saturated rings. The Bertz CT molecular complexity index is 809. The Labute approximate surface area is 322 Å². The molecule has 0 aliphatic rings. The van der Waals surface area contributed by atoms with Gasteiger partial charge in [0, 0.05) is 19.3 Å². The predicted octanol–water partition coefficient (Wildman–Crippen LogP) is 14.3. The number of unbranched alkanes of at least 4 members (excludes halogenated alkanes) is 28. The molecule has 0 rings (SSSR count). The van der Waals surface area contributed by atoms with E-state index in [1.165, 1.54) is 148 Å². The second kappa shape index (κ2) is 41.9. The minimum Gasteiger partial charge on any atom is -0.462 e. The number of carbonyl (C=O) groups excluding carboxylic acids is 3. The third-order valence-electron chi connectivity index (χ3n) is 10.0. The molecule has 0 saturated carbocycles. The summed E-state index contributed by atoms with van der Waals surface area (Å²) in [7, 11) is 0. The summed E-state index contributed by atoms with van der Waals surface area (Å²) in [6.45, 7) is 6.58. The van der Waals surface area contributed by atoms with Crippen molar-refractivity contribution >= 4 is 17.9 Å². The highest BCUT2D eigenvalue weighted by atomic mass is 16.6. The molecule has 0 aliphatic heterocycles. The molecular formula is C46H86O6. The summed E-state index contributed by atoms with van der Waals surface area (Å²) in [5, 5.41) is 0. The molecule has 306 valence electrons. The van der Waals surface area contributed by atoms with Crippen molar-refractivity contribution in [1.29, 1.82) is 0 Å². The lowest BCUT2D eigenvalue weighted by Gasteiger charge is -2.18. The highest BCUT2D eigenvalue weighted by Gasteiger charge is 2.19. The fourth-order valence-corrected chi connectivity index (χ4v) is 6.55. The summed E-state index contributed by atoms with van der Waals surface area (Å²) in [6.07, 6.45) is 43.5. The molecule has 0 aromatic carbocycles. The van der Waals surface area contributed by atoms with Crippen molar-refractivity contribution in [2.24, 2.45) is 0 Å². The number of esters is 3. The molecule has 0 aromatic rings. The van der Waals surface area contributed by atoms with Crippen molar-refractivity contribution in [3.8, 4) is 0 Å². The minimum atomic E-state index is -0.761. The van der Waals surface area contributed by atoms with Crippen molar-refractivity contribution in [2.45, 2.75) is 252 Å². The van der Waals surface area contributed by atoms with Crippen molar-refractivity contribution in [2.75, 3.05) is 13.2 Å². The lowest BCUT2D eigenvalue weighted by Crippen LogP contribution is -2.30. The maximum Gasteiger partial charge on any atom is 0.306 e. The van der Waals surface area contributed by atoms with E-state index in [-0.39, 0.29) is 31.1 Å². The van der Waals surface area contributed by atoms with Gasteiger partial charge in [-0.05, 0) is 44.9 Å². The van der Waals surface area contributed by atoms with Crippen LogP contribution in [0.25, 0.3) is 0 Å². The number of carbonyl (C=O) groups is 3. The number of rotatable bonds is 41. The van der Waals surface area contributed by atoms with Gasteiger partial charge < -0.3 is 14.2 Å². The van der Waals surface area contributed by atoms with Crippen LogP contribution >= 0.6 is 0 Å². The Balaban J connectivity index is 4.23. The molecule has 0 spiro atoms. The third-order valence-corrected chi connectivity index (χ3v) is 10.0. The van der Waals surface area contributed by atoms with Gasteiger partial charge in [-0.25, -0.2) is 0 Å². The van der Waals surface area contributed by atoms with Crippen LogP contribution in [0.5, 0.6) is 0 Å². The molecule has 6 heteroatoms. The number of hydrogen-bond acceptors (Lipinski definition) is 6. The quantitative estimate of drug-likeness (QED) is 0.0269. The fourth-order valence-electron chi connectivity index (χ4n) is 6.55. The standard InChI is InChI=1S/C46H86O6/c1-4-7-10-13-16-18-20-21-22-23-24-25-26-28-30-33-36-39-45(48)51-42-43(41-50-44(47)38-35-32-29-15-12-9-6-3)52-46(49)40-37-34-31-27-19-17-14-11-8-5-2/h21-22,43H,4-20,23-42H2,1-3H3/b22-21-. The van der Waals surface area contributed by atoms with Crippen molar-refractivity contribution in [3.63, 3.8) is 0 Å². The SMILES string of the molecule is CCCCCCCC/C=C\CCCCCCCCCC(=O)OCC(COC(=O)CCCCCCCCC)OC(=O)CCCCCCCCCCCC. The zero-order valence-electron chi connectivity index (χ0n) is 34.8. The van der Waals surface area contributed by atoms with Gasteiger partial charge in [0.2, 0.25) is 0 Å². The molecule has 0 aromatic heterocycles. The molecule has 0 amide bonds. The maximum atomic E-state index is 12.6.